The third-order valence-corrected chi connectivity index (χ3v) is 2.79. The van der Waals surface area contributed by atoms with Crippen molar-refractivity contribution in [3.63, 3.8) is 0 Å². The molecule has 5 heteroatoms. The summed E-state index contributed by atoms with van der Waals surface area (Å²) >= 11 is 0. The van der Waals surface area contributed by atoms with Crippen molar-refractivity contribution in [3.05, 3.63) is 46.0 Å². The van der Waals surface area contributed by atoms with Crippen LogP contribution < -0.4 is 5.56 Å². The minimum Gasteiger partial charge on any atom is -0.466 e. The lowest BCUT2D eigenvalue weighted by Crippen LogP contribution is -2.14. The van der Waals surface area contributed by atoms with E-state index in [4.69, 9.17) is 4.74 Å². The predicted octanol–water partition coefficient (Wildman–Crippen LogP) is 2.16. The standard InChI is InChI=1S/C14H14FNO3/c1-2-19-13(17)6-4-10-7-9-3-5-11(15)8-12(9)16-14(10)18/h3,5,7-8H,2,4,6H2,1H3,(H,16,18). The van der Waals surface area contributed by atoms with E-state index >= 15 is 0 Å². The molecule has 0 saturated carbocycles. The van der Waals surface area contributed by atoms with E-state index in [0.29, 0.717) is 24.1 Å². The second kappa shape index (κ2) is 5.65. The Hall–Kier alpha value is -2.17. The normalized spacial score (nSPS) is 10.6. The summed E-state index contributed by atoms with van der Waals surface area (Å²) in [5.74, 6) is -0.733. The largest absolute Gasteiger partial charge is 0.466 e. The Bertz CT molecular complexity index is 663. The molecule has 0 fully saturated rings. The smallest absolute Gasteiger partial charge is 0.306 e. The molecule has 1 aromatic carbocycles. The van der Waals surface area contributed by atoms with E-state index in [1.165, 1.54) is 12.1 Å². The van der Waals surface area contributed by atoms with Crippen LogP contribution in [0.3, 0.4) is 0 Å². The summed E-state index contributed by atoms with van der Waals surface area (Å²) in [5, 5.41) is 0.736. The lowest BCUT2D eigenvalue weighted by molar-refractivity contribution is -0.143. The first-order chi connectivity index (χ1) is 9.10. The van der Waals surface area contributed by atoms with Crippen LogP contribution >= 0.6 is 0 Å². The molecular formula is C14H14FNO3. The zero-order valence-corrected chi connectivity index (χ0v) is 10.5. The van der Waals surface area contributed by atoms with Crippen LogP contribution in [0.1, 0.15) is 18.9 Å². The predicted molar refractivity (Wildman–Crippen MR) is 69.5 cm³/mol. The molecule has 4 nitrogen and oxygen atoms in total. The molecule has 19 heavy (non-hydrogen) atoms. The maximum absolute atomic E-state index is 13.0. The van der Waals surface area contributed by atoms with Gasteiger partial charge in [0.2, 0.25) is 0 Å². The van der Waals surface area contributed by atoms with Gasteiger partial charge < -0.3 is 9.72 Å². The molecule has 100 valence electrons. The Kier molecular flexibility index (Phi) is 3.94. The highest BCUT2D eigenvalue weighted by molar-refractivity contribution is 5.79. The van der Waals surface area contributed by atoms with E-state index in [0.717, 1.165) is 5.39 Å². The van der Waals surface area contributed by atoms with E-state index in [2.05, 4.69) is 4.98 Å². The van der Waals surface area contributed by atoms with E-state index < -0.39 is 5.82 Å². The van der Waals surface area contributed by atoms with Crippen LogP contribution in [0.15, 0.2) is 29.1 Å². The topological polar surface area (TPSA) is 59.2 Å². The number of carbonyl (C=O) groups is 1. The van der Waals surface area contributed by atoms with Gasteiger partial charge in [0.15, 0.2) is 0 Å². The van der Waals surface area contributed by atoms with Gasteiger partial charge in [0, 0.05) is 12.0 Å². The second-order valence-corrected chi connectivity index (χ2v) is 4.16. The molecule has 0 radical (unpaired) electrons. The third-order valence-electron chi connectivity index (χ3n) is 2.79. The van der Waals surface area contributed by atoms with Gasteiger partial charge in [0.1, 0.15) is 5.82 Å². The number of esters is 1. The van der Waals surface area contributed by atoms with Crippen molar-refractivity contribution in [2.45, 2.75) is 19.8 Å². The Balaban J connectivity index is 2.24. The van der Waals surface area contributed by atoms with Gasteiger partial charge in [-0.3, -0.25) is 9.59 Å². The maximum Gasteiger partial charge on any atom is 0.306 e. The van der Waals surface area contributed by atoms with Gasteiger partial charge in [-0.05, 0) is 43.0 Å². The molecule has 0 amide bonds. The van der Waals surface area contributed by atoms with Crippen LogP contribution in [0.4, 0.5) is 4.39 Å². The third kappa shape index (κ3) is 3.19. The monoisotopic (exact) mass is 263 g/mol. The van der Waals surface area contributed by atoms with Gasteiger partial charge in [0.05, 0.1) is 12.1 Å². The molecule has 0 unspecified atom stereocenters. The Morgan fingerprint density at radius 1 is 1.37 bits per heavy atom. The number of pyridine rings is 1. The lowest BCUT2D eigenvalue weighted by atomic mass is 10.1. The number of benzene rings is 1. The van der Waals surface area contributed by atoms with Crippen LogP contribution in [0, 0.1) is 5.82 Å². The zero-order valence-electron chi connectivity index (χ0n) is 10.5. The molecule has 1 heterocycles. The fourth-order valence-electron chi connectivity index (χ4n) is 1.87. The first-order valence-electron chi connectivity index (χ1n) is 6.07. The van der Waals surface area contributed by atoms with Crippen molar-refractivity contribution in [2.24, 2.45) is 0 Å². The fraction of sp³-hybridized carbons (Fsp3) is 0.286. The summed E-state index contributed by atoms with van der Waals surface area (Å²) < 4.78 is 17.8. The minimum atomic E-state index is -0.401. The van der Waals surface area contributed by atoms with Crippen molar-refractivity contribution >= 4 is 16.9 Å². The molecule has 0 spiro atoms. The quantitative estimate of drug-likeness (QED) is 0.860. The van der Waals surface area contributed by atoms with E-state index in [1.807, 2.05) is 0 Å². The molecule has 0 aliphatic heterocycles. The summed E-state index contributed by atoms with van der Waals surface area (Å²) in [6.07, 6.45) is 0.463. The summed E-state index contributed by atoms with van der Waals surface area (Å²) in [6.45, 7) is 2.06. The number of halogens is 1. The number of hydrogen-bond acceptors (Lipinski definition) is 3. The van der Waals surface area contributed by atoms with Crippen LogP contribution in [0.25, 0.3) is 10.9 Å². The van der Waals surface area contributed by atoms with Gasteiger partial charge in [-0.25, -0.2) is 4.39 Å². The minimum absolute atomic E-state index is 0.156. The maximum atomic E-state index is 13.0. The summed E-state index contributed by atoms with van der Waals surface area (Å²) in [6, 6.07) is 5.86. The lowest BCUT2D eigenvalue weighted by Gasteiger charge is -2.04. The molecule has 2 rings (SSSR count). The molecule has 0 saturated heterocycles. The number of aromatic amines is 1. The van der Waals surface area contributed by atoms with Gasteiger partial charge in [-0.15, -0.1) is 0 Å². The highest BCUT2D eigenvalue weighted by Crippen LogP contribution is 2.13. The average Bonchev–Trinajstić information content (AvgIpc) is 2.36. The molecule has 0 aliphatic carbocycles. The van der Waals surface area contributed by atoms with Crippen LogP contribution in [-0.4, -0.2) is 17.6 Å². The highest BCUT2D eigenvalue weighted by atomic mass is 19.1. The van der Waals surface area contributed by atoms with Crippen molar-refractivity contribution in [1.29, 1.82) is 0 Å². The average molecular weight is 263 g/mol. The van der Waals surface area contributed by atoms with Crippen molar-refractivity contribution in [2.75, 3.05) is 6.61 Å². The van der Waals surface area contributed by atoms with Crippen LogP contribution in [0.2, 0.25) is 0 Å². The van der Waals surface area contributed by atoms with Crippen molar-refractivity contribution in [1.82, 2.24) is 4.98 Å². The van der Waals surface area contributed by atoms with E-state index in [-0.39, 0.29) is 17.9 Å². The van der Waals surface area contributed by atoms with Crippen LogP contribution in [0.5, 0.6) is 0 Å². The highest BCUT2D eigenvalue weighted by Gasteiger charge is 2.07. The van der Waals surface area contributed by atoms with Gasteiger partial charge in [-0.1, -0.05) is 0 Å². The number of aromatic nitrogens is 1. The number of hydrogen-bond donors (Lipinski definition) is 1. The molecule has 1 N–H and O–H groups in total. The number of nitrogens with one attached hydrogen (secondary N) is 1. The molecule has 0 bridgehead atoms. The summed E-state index contributed by atoms with van der Waals surface area (Å²) in [5.41, 5.74) is 0.638. The molecule has 2 aromatic rings. The number of rotatable bonds is 4. The molecular weight excluding hydrogens is 249 g/mol. The zero-order chi connectivity index (χ0) is 13.8. The van der Waals surface area contributed by atoms with E-state index in [9.17, 15) is 14.0 Å². The molecule has 0 aliphatic rings. The Morgan fingerprint density at radius 2 is 2.16 bits per heavy atom. The van der Waals surface area contributed by atoms with Gasteiger partial charge in [-0.2, -0.15) is 0 Å². The number of aryl methyl sites for hydroxylation is 1. The Morgan fingerprint density at radius 3 is 2.89 bits per heavy atom. The molecule has 1 aromatic heterocycles. The fourth-order valence-corrected chi connectivity index (χ4v) is 1.87. The summed E-state index contributed by atoms with van der Waals surface area (Å²) in [4.78, 5) is 25.6. The van der Waals surface area contributed by atoms with Crippen LogP contribution in [-0.2, 0) is 16.0 Å². The molecule has 0 atom stereocenters. The Labute approximate surface area is 109 Å². The number of carbonyl (C=O) groups excluding carboxylic acids is 1. The number of fused-ring (bicyclic) bond motifs is 1. The second-order valence-electron chi connectivity index (χ2n) is 4.16. The van der Waals surface area contributed by atoms with Crippen molar-refractivity contribution in [3.8, 4) is 0 Å². The first kappa shape index (κ1) is 13.3. The van der Waals surface area contributed by atoms with Gasteiger partial charge in [0.25, 0.3) is 5.56 Å². The number of ether oxygens (including phenoxy) is 1. The number of H-pyrrole nitrogens is 1. The SMILES string of the molecule is CCOC(=O)CCc1cc2ccc(F)cc2[nH]c1=O. The van der Waals surface area contributed by atoms with Crippen molar-refractivity contribution < 1.29 is 13.9 Å². The first-order valence-corrected chi connectivity index (χ1v) is 6.07. The van der Waals surface area contributed by atoms with E-state index in [1.54, 1.807) is 19.1 Å². The van der Waals surface area contributed by atoms with Gasteiger partial charge >= 0.3 is 5.97 Å². The summed E-state index contributed by atoms with van der Waals surface area (Å²) in [7, 11) is 0.